The van der Waals surface area contributed by atoms with E-state index in [1.165, 1.54) is 17.7 Å². The fraction of sp³-hybridized carbons (Fsp3) is 0.300. The molecule has 1 amide bonds. The van der Waals surface area contributed by atoms with E-state index in [1.54, 1.807) is 12.1 Å². The van der Waals surface area contributed by atoms with Crippen LogP contribution in [0.25, 0.3) is 0 Å². The molecule has 1 aliphatic rings. The van der Waals surface area contributed by atoms with E-state index in [0.29, 0.717) is 24.4 Å². The summed E-state index contributed by atoms with van der Waals surface area (Å²) in [6.07, 6.45) is 2.56. The molecule has 5 nitrogen and oxygen atoms in total. The molecular formula is C30H33FN4O. The number of benzene rings is 3. The van der Waals surface area contributed by atoms with Gasteiger partial charge in [-0.15, -0.1) is 0 Å². The predicted molar refractivity (Wildman–Crippen MR) is 145 cm³/mol. The van der Waals surface area contributed by atoms with Gasteiger partial charge in [0, 0.05) is 24.2 Å². The Morgan fingerprint density at radius 2 is 1.47 bits per heavy atom. The van der Waals surface area contributed by atoms with Crippen LogP contribution in [0.3, 0.4) is 0 Å². The van der Waals surface area contributed by atoms with E-state index in [0.717, 1.165) is 41.1 Å². The van der Waals surface area contributed by atoms with E-state index in [1.807, 2.05) is 31.2 Å². The lowest BCUT2D eigenvalue weighted by Crippen LogP contribution is -2.24. The maximum absolute atomic E-state index is 13.2. The van der Waals surface area contributed by atoms with Crippen molar-refractivity contribution in [2.75, 3.05) is 11.9 Å². The molecule has 0 aliphatic carbocycles. The van der Waals surface area contributed by atoms with Crippen LogP contribution in [0, 0.1) is 11.7 Å². The van der Waals surface area contributed by atoms with Gasteiger partial charge in [0.15, 0.2) is 0 Å². The van der Waals surface area contributed by atoms with Crippen molar-refractivity contribution in [1.82, 2.24) is 5.32 Å². The van der Waals surface area contributed by atoms with Gasteiger partial charge in [-0.3, -0.25) is 4.79 Å². The minimum Gasteiger partial charge on any atom is -0.378 e. The summed E-state index contributed by atoms with van der Waals surface area (Å²) >= 11 is 0. The predicted octanol–water partition coefficient (Wildman–Crippen LogP) is 6.76. The van der Waals surface area contributed by atoms with Crippen molar-refractivity contribution in [3.63, 3.8) is 0 Å². The Morgan fingerprint density at radius 1 is 0.889 bits per heavy atom. The molecule has 2 atom stereocenters. The molecule has 6 heteroatoms. The number of anilines is 1. The van der Waals surface area contributed by atoms with Crippen LogP contribution in [0.4, 0.5) is 10.1 Å². The molecule has 0 fully saturated rings. The molecule has 0 spiro atoms. The third kappa shape index (κ3) is 6.06. The zero-order chi connectivity index (χ0) is 25.5. The van der Waals surface area contributed by atoms with Crippen molar-refractivity contribution in [1.29, 1.82) is 0 Å². The molecule has 0 bridgehead atoms. The monoisotopic (exact) mass is 484 g/mol. The highest BCUT2D eigenvalue weighted by atomic mass is 19.1. The van der Waals surface area contributed by atoms with Crippen molar-refractivity contribution in [3.05, 3.63) is 101 Å². The lowest BCUT2D eigenvalue weighted by atomic mass is 9.90. The van der Waals surface area contributed by atoms with Crippen LogP contribution >= 0.6 is 0 Å². The number of halogens is 1. The van der Waals surface area contributed by atoms with E-state index in [9.17, 15) is 9.18 Å². The number of nitrogens with one attached hydrogen (secondary N) is 2. The van der Waals surface area contributed by atoms with Gasteiger partial charge in [-0.25, -0.2) is 4.39 Å². The summed E-state index contributed by atoms with van der Waals surface area (Å²) in [7, 11) is 0. The first-order valence-corrected chi connectivity index (χ1v) is 12.6. The van der Waals surface area contributed by atoms with Crippen molar-refractivity contribution in [2.24, 2.45) is 16.1 Å². The second-order valence-corrected chi connectivity index (χ2v) is 9.24. The smallest absolute Gasteiger partial charge is 0.251 e. The second-order valence-electron chi connectivity index (χ2n) is 9.24. The number of hydrogen-bond acceptors (Lipinski definition) is 4. The molecule has 1 heterocycles. The molecule has 2 N–H and O–H groups in total. The highest BCUT2D eigenvalue weighted by Gasteiger charge is 2.20. The minimum absolute atomic E-state index is 0.0427. The zero-order valence-electron chi connectivity index (χ0n) is 21.1. The fourth-order valence-electron chi connectivity index (χ4n) is 4.22. The molecular weight excluding hydrogens is 451 g/mol. The zero-order valence-corrected chi connectivity index (χ0v) is 21.1. The average Bonchev–Trinajstić information content (AvgIpc) is 3.41. The van der Waals surface area contributed by atoms with Crippen molar-refractivity contribution < 1.29 is 9.18 Å². The average molecular weight is 485 g/mol. The fourth-order valence-corrected chi connectivity index (χ4v) is 4.22. The van der Waals surface area contributed by atoms with Gasteiger partial charge < -0.3 is 10.6 Å². The molecule has 3 aromatic carbocycles. The molecule has 0 aromatic heterocycles. The summed E-state index contributed by atoms with van der Waals surface area (Å²) in [6.45, 7) is 7.14. The quantitative estimate of drug-likeness (QED) is 0.334. The Bertz CT molecular complexity index is 1230. The van der Waals surface area contributed by atoms with Gasteiger partial charge in [0.2, 0.25) is 0 Å². The molecule has 186 valence electrons. The van der Waals surface area contributed by atoms with Crippen LogP contribution in [-0.2, 0) is 0 Å². The van der Waals surface area contributed by atoms with Crippen LogP contribution in [0.2, 0.25) is 0 Å². The summed E-state index contributed by atoms with van der Waals surface area (Å²) in [6, 6.07) is 22.6. The Morgan fingerprint density at radius 3 is 2.03 bits per heavy atom. The lowest BCUT2D eigenvalue weighted by Gasteiger charge is -2.26. The maximum Gasteiger partial charge on any atom is 0.251 e. The molecule has 0 saturated carbocycles. The molecule has 0 saturated heterocycles. The molecule has 0 radical (unpaired) electrons. The van der Waals surface area contributed by atoms with Crippen LogP contribution < -0.4 is 10.6 Å². The largest absolute Gasteiger partial charge is 0.378 e. The molecule has 4 rings (SSSR count). The third-order valence-electron chi connectivity index (χ3n) is 6.62. The van der Waals surface area contributed by atoms with Gasteiger partial charge >= 0.3 is 0 Å². The van der Waals surface area contributed by atoms with Gasteiger partial charge in [-0.2, -0.15) is 10.2 Å². The molecule has 1 aliphatic heterocycles. The van der Waals surface area contributed by atoms with E-state index in [-0.39, 0.29) is 17.8 Å². The lowest BCUT2D eigenvalue weighted by molar-refractivity contribution is 0.0953. The number of rotatable bonds is 10. The Balaban J connectivity index is 1.44. The molecule has 3 aromatic rings. The normalized spacial score (nSPS) is 14.6. The third-order valence-corrected chi connectivity index (χ3v) is 6.62. The Kier molecular flexibility index (Phi) is 8.26. The number of carbonyl (C=O) groups is 1. The number of amides is 1. The summed E-state index contributed by atoms with van der Waals surface area (Å²) in [4.78, 5) is 12.2. The first kappa shape index (κ1) is 25.3. The summed E-state index contributed by atoms with van der Waals surface area (Å²) in [5, 5.41) is 15.3. The van der Waals surface area contributed by atoms with Crippen molar-refractivity contribution >= 4 is 23.0 Å². The van der Waals surface area contributed by atoms with Gasteiger partial charge in [0.25, 0.3) is 5.91 Å². The Hall–Kier alpha value is -3.80. The standard InChI is InChI=1S/C30H33FN4O/c1-4-18-32-30(36)24-12-16-26(17-13-24)33-29(20(3)5-2)23-8-6-21(7-9-23)27-19-28(35-34-27)22-10-14-25(31)15-11-22/h6-17,20,29,33H,4-5,18-19H2,1-3H3,(H,32,36). The van der Waals surface area contributed by atoms with Gasteiger partial charge in [0.1, 0.15) is 5.82 Å². The van der Waals surface area contributed by atoms with Crippen molar-refractivity contribution in [2.45, 2.75) is 46.1 Å². The second kappa shape index (κ2) is 11.8. The first-order valence-electron chi connectivity index (χ1n) is 12.6. The van der Waals surface area contributed by atoms with Crippen LogP contribution in [0.5, 0.6) is 0 Å². The highest BCUT2D eigenvalue weighted by Crippen LogP contribution is 2.30. The summed E-state index contributed by atoms with van der Waals surface area (Å²) in [5.41, 5.74) is 6.51. The molecule has 2 unspecified atom stereocenters. The van der Waals surface area contributed by atoms with Crippen LogP contribution in [0.15, 0.2) is 83.0 Å². The van der Waals surface area contributed by atoms with E-state index in [2.05, 4.69) is 58.9 Å². The van der Waals surface area contributed by atoms with Crippen molar-refractivity contribution in [3.8, 4) is 0 Å². The van der Waals surface area contributed by atoms with Gasteiger partial charge in [-0.05, 0) is 65.4 Å². The topological polar surface area (TPSA) is 65.8 Å². The molecule has 36 heavy (non-hydrogen) atoms. The van der Waals surface area contributed by atoms with Gasteiger partial charge in [0.05, 0.1) is 17.5 Å². The first-order chi connectivity index (χ1) is 17.5. The van der Waals surface area contributed by atoms with Gasteiger partial charge in [-0.1, -0.05) is 63.6 Å². The SMILES string of the molecule is CCCNC(=O)c1ccc(NC(c2ccc(C3=NN=C(c4ccc(F)cc4)C3)cc2)C(C)CC)cc1. The summed E-state index contributed by atoms with van der Waals surface area (Å²) < 4.78 is 13.2. The van der Waals surface area contributed by atoms with Crippen LogP contribution in [-0.4, -0.2) is 23.9 Å². The van der Waals surface area contributed by atoms with Crippen LogP contribution in [0.1, 0.15) is 73.1 Å². The Labute approximate surface area is 212 Å². The number of hydrogen-bond donors (Lipinski definition) is 2. The summed E-state index contributed by atoms with van der Waals surface area (Å²) in [5.74, 6) is 0.103. The number of carbonyl (C=O) groups excluding carboxylic acids is 1. The van der Waals surface area contributed by atoms with E-state index >= 15 is 0 Å². The maximum atomic E-state index is 13.2. The highest BCUT2D eigenvalue weighted by molar-refractivity contribution is 6.20. The minimum atomic E-state index is -0.257. The van der Waals surface area contributed by atoms with E-state index in [4.69, 9.17) is 0 Å². The van der Waals surface area contributed by atoms with E-state index < -0.39 is 0 Å². The number of nitrogens with zero attached hydrogens (tertiary/aromatic N) is 2.